The van der Waals surface area contributed by atoms with Crippen molar-refractivity contribution in [1.29, 1.82) is 0 Å². The van der Waals surface area contributed by atoms with E-state index in [4.69, 9.17) is 10.5 Å². The second-order valence-corrected chi connectivity index (χ2v) is 5.75. The van der Waals surface area contributed by atoms with Gasteiger partial charge in [-0.05, 0) is 48.0 Å². The molecule has 0 saturated heterocycles. The summed E-state index contributed by atoms with van der Waals surface area (Å²) in [5.74, 6) is 0. The average Bonchev–Trinajstić information content (AvgIpc) is 2.54. The predicted molar refractivity (Wildman–Crippen MR) is 90.4 cm³/mol. The highest BCUT2D eigenvalue weighted by Gasteiger charge is 2.13. The number of hydrogen-bond donors (Lipinski definition) is 3. The van der Waals surface area contributed by atoms with Crippen molar-refractivity contribution in [3.8, 4) is 11.1 Å². The average molecular weight is 316 g/mol. The third-order valence-corrected chi connectivity index (χ3v) is 3.78. The summed E-state index contributed by atoms with van der Waals surface area (Å²) in [6, 6.07) is 13.3. The minimum Gasteiger partial charge on any atom is -0.380 e. The molecule has 0 aliphatic rings. The van der Waals surface area contributed by atoms with E-state index in [2.05, 4.69) is 0 Å². The van der Waals surface area contributed by atoms with Crippen molar-refractivity contribution in [3.05, 3.63) is 59.2 Å². The number of nitrogens with zero attached hydrogens (tertiary/aromatic N) is 1. The van der Waals surface area contributed by atoms with Gasteiger partial charge in [0.2, 0.25) is 0 Å². The lowest BCUT2D eigenvalue weighted by Crippen LogP contribution is -2.19. The number of nitrogens with two attached hydrogens (primary N) is 1. The first-order valence-electron chi connectivity index (χ1n) is 7.44. The van der Waals surface area contributed by atoms with Gasteiger partial charge in [0.25, 0.3) is 0 Å². The highest BCUT2D eigenvalue weighted by Crippen LogP contribution is 2.28. The first kappa shape index (κ1) is 17.6. The third-order valence-electron chi connectivity index (χ3n) is 3.78. The first-order valence-corrected chi connectivity index (χ1v) is 7.44. The fraction of sp³-hybridized carbons (Fsp3) is 0.333. The molecular formula is C18H24N2O3. The quantitative estimate of drug-likeness (QED) is 0.711. The Bertz CT molecular complexity index is 639. The molecule has 0 spiro atoms. The van der Waals surface area contributed by atoms with Crippen LogP contribution in [0.15, 0.2) is 42.5 Å². The van der Waals surface area contributed by atoms with Gasteiger partial charge < -0.3 is 20.7 Å². The van der Waals surface area contributed by atoms with E-state index >= 15 is 0 Å². The zero-order chi connectivity index (χ0) is 17.0. The molecule has 5 nitrogen and oxygen atoms in total. The lowest BCUT2D eigenvalue weighted by Gasteiger charge is -2.20. The van der Waals surface area contributed by atoms with E-state index in [0.29, 0.717) is 12.2 Å². The summed E-state index contributed by atoms with van der Waals surface area (Å²) < 4.78 is 5.29. The van der Waals surface area contributed by atoms with Gasteiger partial charge in [0.05, 0.1) is 6.61 Å². The summed E-state index contributed by atoms with van der Waals surface area (Å²) in [6.07, 6.45) is -1.63. The number of benzene rings is 2. The number of ether oxygens (including phenoxy) is 1. The molecule has 0 radical (unpaired) electrons. The van der Waals surface area contributed by atoms with Gasteiger partial charge in [0.15, 0.2) is 0 Å². The van der Waals surface area contributed by atoms with Crippen LogP contribution >= 0.6 is 0 Å². The molecule has 2 rings (SSSR count). The molecule has 2 aromatic carbocycles. The summed E-state index contributed by atoms with van der Waals surface area (Å²) in [4.78, 5) is 1.74. The van der Waals surface area contributed by atoms with Crippen molar-refractivity contribution >= 4 is 0 Å². The molecule has 0 bridgehead atoms. The van der Waals surface area contributed by atoms with E-state index in [1.54, 1.807) is 24.1 Å². The minimum atomic E-state index is -0.972. The standard InChI is InChI=1S/C18H24N2O3/c1-20(2)18(22)14-8-9-16(15(10-14)11-23-3)12-4-6-13(7-5-12)17(19)21/h4-10,17-18,21-22H,11,19H2,1-3H3. The fourth-order valence-corrected chi connectivity index (χ4v) is 2.49. The summed E-state index contributed by atoms with van der Waals surface area (Å²) >= 11 is 0. The van der Waals surface area contributed by atoms with Gasteiger partial charge >= 0.3 is 0 Å². The molecule has 0 amide bonds. The van der Waals surface area contributed by atoms with Crippen LogP contribution in [0.3, 0.4) is 0 Å². The SMILES string of the molecule is COCc1cc(C(O)N(C)C)ccc1-c1ccc(C(N)O)cc1. The maximum Gasteiger partial charge on any atom is 0.133 e. The smallest absolute Gasteiger partial charge is 0.133 e. The highest BCUT2D eigenvalue weighted by atomic mass is 16.5. The largest absolute Gasteiger partial charge is 0.380 e. The van der Waals surface area contributed by atoms with Crippen molar-refractivity contribution < 1.29 is 14.9 Å². The highest BCUT2D eigenvalue weighted by molar-refractivity contribution is 5.68. The molecule has 23 heavy (non-hydrogen) atoms. The van der Waals surface area contributed by atoms with Gasteiger partial charge in [-0.15, -0.1) is 0 Å². The molecule has 2 atom stereocenters. The maximum atomic E-state index is 10.2. The monoisotopic (exact) mass is 316 g/mol. The zero-order valence-electron chi connectivity index (χ0n) is 13.7. The van der Waals surface area contributed by atoms with E-state index in [-0.39, 0.29) is 0 Å². The normalized spacial score (nSPS) is 14.0. The van der Waals surface area contributed by atoms with Crippen LogP contribution in [-0.2, 0) is 11.3 Å². The number of aliphatic hydroxyl groups excluding tert-OH is 2. The van der Waals surface area contributed by atoms with Gasteiger partial charge in [-0.1, -0.05) is 36.4 Å². The summed E-state index contributed by atoms with van der Waals surface area (Å²) in [6.45, 7) is 0.449. The Labute approximate surface area is 136 Å². The van der Waals surface area contributed by atoms with Crippen molar-refractivity contribution in [1.82, 2.24) is 4.90 Å². The van der Waals surface area contributed by atoms with Crippen LogP contribution in [0.2, 0.25) is 0 Å². The zero-order valence-corrected chi connectivity index (χ0v) is 13.7. The van der Waals surface area contributed by atoms with Crippen LogP contribution in [0.1, 0.15) is 29.1 Å². The Morgan fingerprint density at radius 1 is 1.04 bits per heavy atom. The lowest BCUT2D eigenvalue weighted by atomic mass is 9.96. The van der Waals surface area contributed by atoms with Crippen LogP contribution in [0.25, 0.3) is 11.1 Å². The Morgan fingerprint density at radius 3 is 2.17 bits per heavy atom. The van der Waals surface area contributed by atoms with Crippen LogP contribution in [0.5, 0.6) is 0 Å². The van der Waals surface area contributed by atoms with Crippen LogP contribution in [0.4, 0.5) is 0 Å². The fourth-order valence-electron chi connectivity index (χ4n) is 2.49. The predicted octanol–water partition coefficient (Wildman–Crippen LogP) is 2.00. The molecule has 124 valence electrons. The Balaban J connectivity index is 2.41. The molecule has 0 aliphatic heterocycles. The van der Waals surface area contributed by atoms with E-state index < -0.39 is 12.5 Å². The number of rotatable bonds is 6. The molecule has 5 heteroatoms. The molecular weight excluding hydrogens is 292 g/mol. The molecule has 2 unspecified atom stereocenters. The van der Waals surface area contributed by atoms with E-state index in [1.165, 1.54) is 0 Å². The summed E-state index contributed by atoms with van der Waals surface area (Å²) in [5.41, 5.74) is 9.98. The molecule has 2 aromatic rings. The van der Waals surface area contributed by atoms with Gasteiger partial charge in [-0.3, -0.25) is 4.90 Å². The minimum absolute atomic E-state index is 0.449. The first-order chi connectivity index (χ1) is 10.9. The molecule has 0 aliphatic carbocycles. The summed E-state index contributed by atoms with van der Waals surface area (Å²) in [5, 5.41) is 19.6. The molecule has 4 N–H and O–H groups in total. The van der Waals surface area contributed by atoms with Crippen molar-refractivity contribution in [2.75, 3.05) is 21.2 Å². The van der Waals surface area contributed by atoms with E-state index in [1.807, 2.05) is 44.4 Å². The second kappa shape index (κ2) is 7.68. The topological polar surface area (TPSA) is 79.0 Å². The maximum absolute atomic E-state index is 10.2. The van der Waals surface area contributed by atoms with Crippen molar-refractivity contribution in [2.24, 2.45) is 5.73 Å². The summed E-state index contributed by atoms with van der Waals surface area (Å²) in [7, 11) is 5.30. The number of hydrogen-bond acceptors (Lipinski definition) is 5. The van der Waals surface area contributed by atoms with Crippen molar-refractivity contribution in [3.63, 3.8) is 0 Å². The third kappa shape index (κ3) is 4.16. The van der Waals surface area contributed by atoms with Gasteiger partial charge in [-0.25, -0.2) is 0 Å². The Hall–Kier alpha value is -1.76. The number of methoxy groups -OCH3 is 1. The van der Waals surface area contributed by atoms with E-state index in [9.17, 15) is 10.2 Å². The van der Waals surface area contributed by atoms with Gasteiger partial charge in [-0.2, -0.15) is 0 Å². The Kier molecular flexibility index (Phi) is 5.87. The van der Waals surface area contributed by atoms with Crippen molar-refractivity contribution in [2.45, 2.75) is 19.1 Å². The molecule has 0 saturated carbocycles. The number of aliphatic hydroxyl groups is 2. The van der Waals surface area contributed by atoms with Gasteiger partial charge in [0, 0.05) is 7.11 Å². The Morgan fingerprint density at radius 2 is 1.65 bits per heavy atom. The lowest BCUT2D eigenvalue weighted by molar-refractivity contribution is 0.0394. The molecule has 0 fully saturated rings. The second-order valence-electron chi connectivity index (χ2n) is 5.75. The van der Waals surface area contributed by atoms with Crippen LogP contribution in [0, 0.1) is 0 Å². The molecule has 0 heterocycles. The van der Waals surface area contributed by atoms with Crippen LogP contribution in [-0.4, -0.2) is 36.3 Å². The molecule has 0 aromatic heterocycles. The van der Waals surface area contributed by atoms with E-state index in [0.717, 1.165) is 22.3 Å². The van der Waals surface area contributed by atoms with Crippen LogP contribution < -0.4 is 5.73 Å². The van der Waals surface area contributed by atoms with Gasteiger partial charge in [0.1, 0.15) is 12.5 Å².